The number of carbonyl (C=O) groups is 2. The van der Waals surface area contributed by atoms with E-state index in [0.29, 0.717) is 29.7 Å². The van der Waals surface area contributed by atoms with Crippen molar-refractivity contribution in [3.63, 3.8) is 0 Å². The van der Waals surface area contributed by atoms with Gasteiger partial charge in [-0.15, -0.1) is 0 Å². The number of ketones is 1. The molecule has 36 heavy (non-hydrogen) atoms. The Bertz CT molecular complexity index is 1350. The Kier molecular flexibility index (Phi) is 6.17. The van der Waals surface area contributed by atoms with Crippen LogP contribution < -0.4 is 11.1 Å². The third kappa shape index (κ3) is 3.98. The average Bonchev–Trinajstić information content (AvgIpc) is 3.54. The van der Waals surface area contributed by atoms with Gasteiger partial charge >= 0.3 is 0 Å². The summed E-state index contributed by atoms with van der Waals surface area (Å²) < 4.78 is 1.50. The van der Waals surface area contributed by atoms with Crippen molar-refractivity contribution in [3.8, 4) is 11.1 Å². The lowest BCUT2D eigenvalue weighted by Gasteiger charge is -2.42. The number of rotatable bonds is 5. The Morgan fingerprint density at radius 1 is 1.19 bits per heavy atom. The summed E-state index contributed by atoms with van der Waals surface area (Å²) in [7, 11) is 0. The number of Topliss-reactive ketones (excluding diaryl/α,β-unsaturated/α-hetero) is 1. The van der Waals surface area contributed by atoms with E-state index < -0.39 is 6.61 Å². The molecule has 0 bridgehead atoms. The number of pyridine rings is 1. The number of fused-ring (bicyclic) bond motifs is 1. The molecule has 11 nitrogen and oxygen atoms in total. The largest absolute Gasteiger partial charge is 0.387 e. The fourth-order valence-electron chi connectivity index (χ4n) is 5.53. The van der Waals surface area contributed by atoms with Gasteiger partial charge in [0.1, 0.15) is 24.0 Å². The Labute approximate surface area is 208 Å². The number of anilines is 1. The first-order valence-electron chi connectivity index (χ1n) is 12.1. The molecule has 3 aromatic rings. The van der Waals surface area contributed by atoms with Crippen LogP contribution in [0.2, 0.25) is 0 Å². The molecular weight excluding hydrogens is 460 g/mol. The molecule has 4 N–H and O–H groups in total. The third-order valence-corrected chi connectivity index (χ3v) is 7.06. The Hall–Kier alpha value is -3.86. The number of piperidine rings is 1. The number of hydrogen-bond donors (Lipinski definition) is 3. The second kappa shape index (κ2) is 9.30. The van der Waals surface area contributed by atoms with Crippen LogP contribution in [0.5, 0.6) is 0 Å². The van der Waals surface area contributed by atoms with Crippen LogP contribution in [-0.4, -0.2) is 78.9 Å². The van der Waals surface area contributed by atoms with E-state index in [9.17, 15) is 14.7 Å². The van der Waals surface area contributed by atoms with E-state index >= 15 is 0 Å². The first-order valence-corrected chi connectivity index (χ1v) is 12.1. The van der Waals surface area contributed by atoms with E-state index in [1.165, 1.54) is 11.4 Å². The van der Waals surface area contributed by atoms with Crippen molar-refractivity contribution < 1.29 is 14.7 Å². The zero-order valence-electron chi connectivity index (χ0n) is 20.6. The Morgan fingerprint density at radius 3 is 2.53 bits per heavy atom. The second-order valence-corrected chi connectivity index (χ2v) is 9.52. The highest BCUT2D eigenvalue weighted by Crippen LogP contribution is 2.38. The zero-order valence-corrected chi connectivity index (χ0v) is 20.6. The Morgan fingerprint density at radius 2 is 1.94 bits per heavy atom. The summed E-state index contributed by atoms with van der Waals surface area (Å²) in [6.45, 7) is 6.40. The van der Waals surface area contributed by atoms with Crippen LogP contribution in [0.1, 0.15) is 61.3 Å². The van der Waals surface area contributed by atoms with Gasteiger partial charge in [0.25, 0.3) is 0 Å². The van der Waals surface area contributed by atoms with Crippen LogP contribution in [0, 0.1) is 0 Å². The number of amides is 1. The minimum atomic E-state index is -0.523. The first-order chi connectivity index (χ1) is 17.3. The number of aliphatic imine (C=N–C) groups is 1. The lowest BCUT2D eigenvalue weighted by Crippen LogP contribution is -2.50. The third-order valence-electron chi connectivity index (χ3n) is 7.06. The zero-order chi connectivity index (χ0) is 25.6. The lowest BCUT2D eigenvalue weighted by atomic mass is 9.82. The molecule has 2 atom stereocenters. The molecule has 2 aliphatic heterocycles. The van der Waals surface area contributed by atoms with Gasteiger partial charge in [-0.05, 0) is 39.7 Å². The maximum atomic E-state index is 12.7. The van der Waals surface area contributed by atoms with Crippen molar-refractivity contribution >= 4 is 29.0 Å². The number of carbonyl (C=O) groups excluding carboxylic acids is 2. The van der Waals surface area contributed by atoms with Crippen LogP contribution in [0.3, 0.4) is 0 Å². The molecule has 1 amide bonds. The molecule has 5 rings (SSSR count). The van der Waals surface area contributed by atoms with Gasteiger partial charge in [-0.1, -0.05) is 6.07 Å². The topological polar surface area (TPSA) is 151 Å². The normalized spacial score (nSPS) is 21.9. The van der Waals surface area contributed by atoms with E-state index in [4.69, 9.17) is 10.7 Å². The highest BCUT2D eigenvalue weighted by molar-refractivity contribution is 6.01. The molecule has 11 heteroatoms. The number of likely N-dealkylation sites (tertiary alicyclic amines) is 1. The van der Waals surface area contributed by atoms with E-state index in [0.717, 1.165) is 35.7 Å². The van der Waals surface area contributed by atoms with Crippen molar-refractivity contribution in [2.75, 3.05) is 25.4 Å². The molecule has 1 fully saturated rings. The molecule has 5 heterocycles. The number of aromatic nitrogens is 4. The van der Waals surface area contributed by atoms with Crippen molar-refractivity contribution in [2.24, 2.45) is 4.99 Å². The van der Waals surface area contributed by atoms with Crippen molar-refractivity contribution in [2.45, 2.75) is 51.6 Å². The van der Waals surface area contributed by atoms with Gasteiger partial charge in [-0.3, -0.25) is 19.6 Å². The smallest absolute Gasteiger partial charge is 0.248 e. The number of hydrogen-bond acceptors (Lipinski definition) is 9. The molecule has 0 radical (unpaired) electrons. The number of nitrogen functional groups attached to an aromatic ring is 1. The van der Waals surface area contributed by atoms with E-state index in [1.54, 1.807) is 17.3 Å². The maximum absolute atomic E-state index is 12.7. The van der Waals surface area contributed by atoms with E-state index in [1.807, 2.05) is 26.0 Å². The van der Waals surface area contributed by atoms with Crippen LogP contribution in [0.15, 0.2) is 29.5 Å². The van der Waals surface area contributed by atoms with Gasteiger partial charge in [0, 0.05) is 41.9 Å². The van der Waals surface area contributed by atoms with Gasteiger partial charge in [-0.2, -0.15) is 9.61 Å². The molecule has 2 aliphatic rings. The minimum absolute atomic E-state index is 0.0846. The summed E-state index contributed by atoms with van der Waals surface area (Å²) >= 11 is 0. The molecule has 0 saturated carbocycles. The summed E-state index contributed by atoms with van der Waals surface area (Å²) in [5.74, 6) is 0.469. The summed E-state index contributed by atoms with van der Waals surface area (Å²) in [5.41, 5.74) is 10.4. The van der Waals surface area contributed by atoms with Crippen LogP contribution in [0.25, 0.3) is 16.8 Å². The fraction of sp³-hybridized carbons (Fsp3) is 0.440. The molecular formula is C25H30N8O3. The maximum Gasteiger partial charge on any atom is 0.248 e. The second-order valence-electron chi connectivity index (χ2n) is 9.52. The predicted molar refractivity (Wildman–Crippen MR) is 135 cm³/mol. The SMILES string of the molecule is CC(=O)c1c(C2CC(C)N(C(=O)CO)C(C)C2)nc2c(-c3ccc(C4=NCCN4)nc3)cnn2c1N. The molecule has 1 saturated heterocycles. The average molecular weight is 491 g/mol. The van der Waals surface area contributed by atoms with Gasteiger partial charge < -0.3 is 21.1 Å². The highest BCUT2D eigenvalue weighted by Gasteiger charge is 2.37. The van der Waals surface area contributed by atoms with Gasteiger partial charge in [-0.25, -0.2) is 4.98 Å². The first kappa shape index (κ1) is 23.9. The number of aliphatic hydroxyl groups excluding tert-OH is 1. The van der Waals surface area contributed by atoms with Crippen molar-refractivity contribution in [3.05, 3.63) is 41.5 Å². The minimum Gasteiger partial charge on any atom is -0.387 e. The van der Waals surface area contributed by atoms with E-state index in [-0.39, 0.29) is 35.5 Å². The van der Waals surface area contributed by atoms with Gasteiger partial charge in [0.2, 0.25) is 5.91 Å². The van der Waals surface area contributed by atoms with E-state index in [2.05, 4.69) is 20.4 Å². The number of aliphatic hydroxyl groups is 1. The predicted octanol–water partition coefficient (Wildman–Crippen LogP) is 1.40. The fourth-order valence-corrected chi connectivity index (χ4v) is 5.53. The monoisotopic (exact) mass is 490 g/mol. The van der Waals surface area contributed by atoms with Crippen molar-refractivity contribution in [1.29, 1.82) is 0 Å². The summed E-state index contributed by atoms with van der Waals surface area (Å²) in [5, 5.41) is 17.0. The number of nitrogens with two attached hydrogens (primary N) is 1. The van der Waals surface area contributed by atoms with Crippen LogP contribution in [-0.2, 0) is 4.79 Å². The van der Waals surface area contributed by atoms with Gasteiger partial charge in [0.05, 0.1) is 24.0 Å². The number of nitrogens with zero attached hydrogens (tertiary/aromatic N) is 6. The summed E-state index contributed by atoms with van der Waals surface area (Å²) in [6.07, 6.45) is 4.65. The standard InChI is InChI=1S/C25H30N8O3/c1-13-8-17(9-14(2)32(13)20(36)12-34)22-21(15(3)35)23(26)33-25(31-22)18(11-30-33)16-4-5-19(29-10-16)24-27-6-7-28-24/h4-5,10-11,13-14,17,34H,6-9,12,26H2,1-3H3,(H,27,28). The highest BCUT2D eigenvalue weighted by atomic mass is 16.3. The van der Waals surface area contributed by atoms with Crippen LogP contribution in [0.4, 0.5) is 5.82 Å². The lowest BCUT2D eigenvalue weighted by molar-refractivity contribution is -0.140. The summed E-state index contributed by atoms with van der Waals surface area (Å²) in [4.78, 5) is 40.6. The number of amidine groups is 1. The van der Waals surface area contributed by atoms with Gasteiger partial charge in [0.15, 0.2) is 11.4 Å². The molecule has 0 aromatic carbocycles. The molecule has 2 unspecified atom stereocenters. The van der Waals surface area contributed by atoms with Crippen molar-refractivity contribution in [1.82, 2.24) is 29.8 Å². The molecule has 3 aromatic heterocycles. The number of nitrogens with one attached hydrogen (secondary N) is 1. The molecule has 0 aliphatic carbocycles. The summed E-state index contributed by atoms with van der Waals surface area (Å²) in [6, 6.07) is 3.61. The Balaban J connectivity index is 1.57. The quantitative estimate of drug-likeness (QED) is 0.454. The van der Waals surface area contributed by atoms with Crippen LogP contribution >= 0.6 is 0 Å². The molecule has 188 valence electrons. The molecule has 0 spiro atoms.